The van der Waals surface area contributed by atoms with Gasteiger partial charge in [0.25, 0.3) is 0 Å². The molecular weight excluding hydrogens is 174 g/mol. The summed E-state index contributed by atoms with van der Waals surface area (Å²) >= 11 is 5.48. The standard InChI is InChI=1S/C9H12ClNO/c1-5-3-7(5)4-8(6(2)12)9(10)11/h4-5,11-12H,3H2,1-2H3/b7-4-,8-6?,11-9?. The van der Waals surface area contributed by atoms with Crippen molar-refractivity contribution >= 4 is 16.8 Å². The first-order valence-electron chi connectivity index (χ1n) is 3.87. The molecule has 1 aliphatic rings. The molecule has 66 valence electrons. The largest absolute Gasteiger partial charge is 0.512 e. The Morgan fingerprint density at radius 3 is 2.50 bits per heavy atom. The number of halogens is 1. The maximum Gasteiger partial charge on any atom is 0.131 e. The van der Waals surface area contributed by atoms with Gasteiger partial charge in [-0.15, -0.1) is 0 Å². The van der Waals surface area contributed by atoms with Crippen molar-refractivity contribution in [3.05, 3.63) is 23.0 Å². The molecule has 1 fully saturated rings. The number of aliphatic hydroxyl groups is 1. The van der Waals surface area contributed by atoms with Gasteiger partial charge in [0.15, 0.2) is 0 Å². The third-order valence-corrected chi connectivity index (χ3v) is 2.17. The average Bonchev–Trinajstić information content (AvgIpc) is 2.60. The maximum atomic E-state index is 9.16. The van der Waals surface area contributed by atoms with Crippen LogP contribution in [0.2, 0.25) is 0 Å². The zero-order valence-electron chi connectivity index (χ0n) is 7.19. The van der Waals surface area contributed by atoms with Crippen molar-refractivity contribution in [2.75, 3.05) is 0 Å². The lowest BCUT2D eigenvalue weighted by Gasteiger charge is -1.97. The van der Waals surface area contributed by atoms with Crippen LogP contribution in [0.15, 0.2) is 23.0 Å². The summed E-state index contributed by atoms with van der Waals surface area (Å²) in [4.78, 5) is 0. The second kappa shape index (κ2) is 3.31. The summed E-state index contributed by atoms with van der Waals surface area (Å²) in [5.74, 6) is 0.706. The molecule has 0 aromatic heterocycles. The molecule has 0 heterocycles. The molecule has 0 aromatic rings. The van der Waals surface area contributed by atoms with Crippen LogP contribution in [-0.2, 0) is 0 Å². The highest BCUT2D eigenvalue weighted by Crippen LogP contribution is 2.38. The second-order valence-corrected chi connectivity index (χ2v) is 3.52. The molecule has 0 bridgehead atoms. The average molecular weight is 186 g/mol. The Morgan fingerprint density at radius 2 is 2.25 bits per heavy atom. The number of allylic oxidation sites excluding steroid dienone is 4. The first-order valence-corrected chi connectivity index (χ1v) is 4.25. The highest BCUT2D eigenvalue weighted by atomic mass is 35.5. The van der Waals surface area contributed by atoms with Gasteiger partial charge in [0.1, 0.15) is 5.17 Å². The number of hydrogen-bond acceptors (Lipinski definition) is 2. The first kappa shape index (κ1) is 9.33. The van der Waals surface area contributed by atoms with Gasteiger partial charge >= 0.3 is 0 Å². The topological polar surface area (TPSA) is 44.1 Å². The third-order valence-electron chi connectivity index (χ3n) is 1.97. The van der Waals surface area contributed by atoms with Crippen LogP contribution in [0.1, 0.15) is 20.3 Å². The van der Waals surface area contributed by atoms with Gasteiger partial charge in [0.05, 0.1) is 5.76 Å². The van der Waals surface area contributed by atoms with Crippen molar-refractivity contribution in [3.63, 3.8) is 0 Å². The molecule has 0 spiro atoms. The van der Waals surface area contributed by atoms with Crippen molar-refractivity contribution in [2.45, 2.75) is 20.3 Å². The lowest BCUT2D eigenvalue weighted by atomic mass is 10.2. The summed E-state index contributed by atoms with van der Waals surface area (Å²) in [7, 11) is 0. The van der Waals surface area contributed by atoms with Crippen molar-refractivity contribution in [1.82, 2.24) is 0 Å². The third kappa shape index (κ3) is 2.11. The van der Waals surface area contributed by atoms with Crippen molar-refractivity contribution < 1.29 is 5.11 Å². The predicted octanol–water partition coefficient (Wildman–Crippen LogP) is 3.00. The fraction of sp³-hybridized carbons (Fsp3) is 0.444. The van der Waals surface area contributed by atoms with E-state index in [0.29, 0.717) is 11.5 Å². The molecule has 0 aliphatic heterocycles. The smallest absolute Gasteiger partial charge is 0.131 e. The number of aliphatic hydroxyl groups excluding tert-OH is 1. The molecule has 1 aliphatic carbocycles. The minimum Gasteiger partial charge on any atom is -0.512 e. The molecular formula is C9H12ClNO. The Morgan fingerprint density at radius 1 is 1.75 bits per heavy atom. The van der Waals surface area contributed by atoms with Crippen LogP contribution in [-0.4, -0.2) is 10.3 Å². The minimum atomic E-state index is -0.0957. The van der Waals surface area contributed by atoms with E-state index in [1.165, 1.54) is 12.5 Å². The monoisotopic (exact) mass is 185 g/mol. The number of nitrogens with one attached hydrogen (secondary N) is 1. The first-order chi connectivity index (χ1) is 5.52. The minimum absolute atomic E-state index is 0.0957. The summed E-state index contributed by atoms with van der Waals surface area (Å²) in [6, 6.07) is 0. The predicted molar refractivity (Wildman–Crippen MR) is 50.8 cm³/mol. The summed E-state index contributed by atoms with van der Waals surface area (Å²) in [6.07, 6.45) is 2.86. The van der Waals surface area contributed by atoms with Crippen LogP contribution in [0.3, 0.4) is 0 Å². The van der Waals surface area contributed by atoms with Gasteiger partial charge < -0.3 is 5.11 Å². The van der Waals surface area contributed by atoms with Crippen molar-refractivity contribution in [3.8, 4) is 0 Å². The molecule has 0 saturated heterocycles. The number of rotatable bonds is 2. The van der Waals surface area contributed by atoms with E-state index in [2.05, 4.69) is 6.92 Å². The Kier molecular flexibility index (Phi) is 2.58. The molecule has 3 heteroatoms. The van der Waals surface area contributed by atoms with Crippen molar-refractivity contribution in [2.24, 2.45) is 5.92 Å². The summed E-state index contributed by atoms with van der Waals surface area (Å²) < 4.78 is 0. The highest BCUT2D eigenvalue weighted by molar-refractivity contribution is 6.69. The molecule has 1 saturated carbocycles. The summed E-state index contributed by atoms with van der Waals surface area (Å²) in [6.45, 7) is 3.64. The van der Waals surface area contributed by atoms with Gasteiger partial charge in [0.2, 0.25) is 0 Å². The number of hydrogen-bond donors (Lipinski definition) is 2. The van der Waals surface area contributed by atoms with E-state index < -0.39 is 0 Å². The molecule has 2 nitrogen and oxygen atoms in total. The lowest BCUT2D eigenvalue weighted by Crippen LogP contribution is -1.92. The van der Waals surface area contributed by atoms with Gasteiger partial charge in [-0.1, -0.05) is 24.1 Å². The zero-order valence-corrected chi connectivity index (χ0v) is 7.94. The summed E-state index contributed by atoms with van der Waals surface area (Å²) in [5.41, 5.74) is 1.69. The molecule has 2 N–H and O–H groups in total. The fourth-order valence-corrected chi connectivity index (χ4v) is 1.20. The van der Waals surface area contributed by atoms with E-state index in [4.69, 9.17) is 22.1 Å². The van der Waals surface area contributed by atoms with Crippen LogP contribution in [0, 0.1) is 11.3 Å². The van der Waals surface area contributed by atoms with Crippen LogP contribution >= 0.6 is 11.6 Å². The van der Waals surface area contributed by atoms with Crippen molar-refractivity contribution in [1.29, 1.82) is 5.41 Å². The second-order valence-electron chi connectivity index (χ2n) is 3.14. The van der Waals surface area contributed by atoms with Gasteiger partial charge in [-0.3, -0.25) is 5.41 Å². The molecule has 0 aromatic carbocycles. The van der Waals surface area contributed by atoms with E-state index in [9.17, 15) is 0 Å². The Balaban J connectivity index is 2.84. The Hall–Kier alpha value is -0.760. The van der Waals surface area contributed by atoms with Crippen LogP contribution in [0.5, 0.6) is 0 Å². The van der Waals surface area contributed by atoms with Gasteiger partial charge in [-0.2, -0.15) is 0 Å². The van der Waals surface area contributed by atoms with E-state index in [-0.39, 0.29) is 10.9 Å². The molecule has 0 radical (unpaired) electrons. The lowest BCUT2D eigenvalue weighted by molar-refractivity contribution is 0.412. The maximum absolute atomic E-state index is 9.16. The molecule has 1 unspecified atom stereocenters. The fourth-order valence-electron chi connectivity index (χ4n) is 1.01. The zero-order chi connectivity index (χ0) is 9.30. The molecule has 1 atom stereocenters. The quantitative estimate of drug-likeness (QED) is 0.504. The molecule has 0 amide bonds. The van der Waals surface area contributed by atoms with Crippen LogP contribution in [0.4, 0.5) is 0 Å². The van der Waals surface area contributed by atoms with Gasteiger partial charge in [-0.25, -0.2) is 0 Å². The van der Waals surface area contributed by atoms with Crippen LogP contribution < -0.4 is 0 Å². The van der Waals surface area contributed by atoms with Gasteiger partial charge in [0, 0.05) is 5.57 Å². The van der Waals surface area contributed by atoms with Crippen LogP contribution in [0.25, 0.3) is 0 Å². The Labute approximate surface area is 77.1 Å². The molecule has 12 heavy (non-hydrogen) atoms. The van der Waals surface area contributed by atoms with E-state index in [0.717, 1.165) is 6.42 Å². The normalized spacial score (nSPS) is 26.9. The van der Waals surface area contributed by atoms with E-state index >= 15 is 0 Å². The summed E-state index contributed by atoms with van der Waals surface area (Å²) in [5, 5.41) is 16.2. The van der Waals surface area contributed by atoms with E-state index in [1.54, 1.807) is 6.08 Å². The van der Waals surface area contributed by atoms with E-state index in [1.807, 2.05) is 0 Å². The highest BCUT2D eigenvalue weighted by Gasteiger charge is 2.24. The Bertz CT molecular complexity index is 274. The SMILES string of the molecule is CC(O)=C(/C=C1/CC1C)C(=N)Cl. The van der Waals surface area contributed by atoms with Gasteiger partial charge in [-0.05, 0) is 25.3 Å². The molecule has 1 rings (SSSR count).